The lowest BCUT2D eigenvalue weighted by Crippen LogP contribution is -2.25. The lowest BCUT2D eigenvalue weighted by Gasteiger charge is -2.27. The summed E-state index contributed by atoms with van der Waals surface area (Å²) >= 11 is 0. The van der Waals surface area contributed by atoms with E-state index in [9.17, 15) is 0 Å². The van der Waals surface area contributed by atoms with Crippen molar-refractivity contribution in [2.45, 2.75) is 0 Å². The molecule has 1 aliphatic rings. The molecule has 11 rings (SSSR count). The Bertz CT molecular complexity index is 3030. The molecule has 0 unspecified atom stereocenters. The van der Waals surface area contributed by atoms with Gasteiger partial charge in [-0.25, -0.2) is 4.98 Å². The van der Waals surface area contributed by atoms with Gasteiger partial charge in [-0.3, -0.25) is 14.5 Å². The second kappa shape index (κ2) is 13.5. The van der Waals surface area contributed by atoms with Crippen LogP contribution < -0.4 is 14.5 Å². The van der Waals surface area contributed by atoms with Crippen molar-refractivity contribution in [3.8, 4) is 39.6 Å². The van der Waals surface area contributed by atoms with Crippen molar-refractivity contribution in [1.29, 1.82) is 0 Å². The standard InChI is InChI=1S/C50H34N6O/c1-3-13-34(14-4-1)39-20-12-21-40(35-15-5-2-6-16-35)49(39)55-33-54(45-27-26-43-48(50(45)55)53-30-29-51-43)36-17-11-18-37(31-36)57-38-24-25-42-41-19-7-8-22-44(41)56(46(42)32-38)47-23-9-10-28-52-47/h1-32H,33H2. The van der Waals surface area contributed by atoms with Crippen molar-refractivity contribution in [2.24, 2.45) is 0 Å². The first-order valence-electron chi connectivity index (χ1n) is 19.0. The fraction of sp³-hybridized carbons (Fsp3) is 0.0200. The van der Waals surface area contributed by atoms with E-state index < -0.39 is 0 Å². The predicted octanol–water partition coefficient (Wildman–Crippen LogP) is 12.5. The number of anilines is 4. The van der Waals surface area contributed by atoms with Gasteiger partial charge in [-0.15, -0.1) is 0 Å². The zero-order valence-corrected chi connectivity index (χ0v) is 30.8. The van der Waals surface area contributed by atoms with Gasteiger partial charge in [0.05, 0.1) is 33.6 Å². The quantitative estimate of drug-likeness (QED) is 0.162. The van der Waals surface area contributed by atoms with Crippen LogP contribution in [0.1, 0.15) is 0 Å². The first kappa shape index (κ1) is 32.6. The minimum absolute atomic E-state index is 0.550. The number of pyridine rings is 1. The maximum atomic E-state index is 6.70. The number of ether oxygens (including phenoxy) is 1. The Hall–Kier alpha value is -7.77. The van der Waals surface area contributed by atoms with Crippen LogP contribution in [0.2, 0.25) is 0 Å². The van der Waals surface area contributed by atoms with Gasteiger partial charge in [0.1, 0.15) is 29.5 Å². The number of nitrogens with zero attached hydrogens (tertiary/aromatic N) is 6. The summed E-state index contributed by atoms with van der Waals surface area (Å²) in [7, 11) is 0. The van der Waals surface area contributed by atoms with Crippen molar-refractivity contribution in [1.82, 2.24) is 19.5 Å². The van der Waals surface area contributed by atoms with E-state index in [0.29, 0.717) is 6.67 Å². The average Bonchev–Trinajstić information content (AvgIpc) is 3.83. The van der Waals surface area contributed by atoms with E-state index >= 15 is 0 Å². The van der Waals surface area contributed by atoms with Gasteiger partial charge < -0.3 is 14.5 Å². The van der Waals surface area contributed by atoms with E-state index in [2.05, 4.69) is 160 Å². The van der Waals surface area contributed by atoms with Crippen LogP contribution in [0.5, 0.6) is 11.5 Å². The molecule has 7 nitrogen and oxygen atoms in total. The monoisotopic (exact) mass is 734 g/mol. The fourth-order valence-corrected chi connectivity index (χ4v) is 8.32. The summed E-state index contributed by atoms with van der Waals surface area (Å²) in [4.78, 5) is 19.1. The van der Waals surface area contributed by atoms with Gasteiger partial charge in [-0.2, -0.15) is 0 Å². The lowest BCUT2D eigenvalue weighted by atomic mass is 9.95. The number of rotatable bonds is 7. The van der Waals surface area contributed by atoms with Crippen LogP contribution in [0.25, 0.3) is 60.9 Å². The first-order valence-corrected chi connectivity index (χ1v) is 19.0. The second-order valence-corrected chi connectivity index (χ2v) is 14.1. The third-order valence-electron chi connectivity index (χ3n) is 10.8. The van der Waals surface area contributed by atoms with E-state index in [1.165, 1.54) is 5.39 Å². The van der Waals surface area contributed by atoms with Gasteiger partial charge in [0, 0.05) is 58.3 Å². The Labute approximate surface area is 329 Å². The summed E-state index contributed by atoms with van der Waals surface area (Å²) < 4.78 is 8.90. The fourth-order valence-electron chi connectivity index (χ4n) is 8.32. The molecular formula is C50H34N6O. The highest BCUT2D eigenvalue weighted by atomic mass is 16.5. The van der Waals surface area contributed by atoms with Crippen LogP contribution in [0.4, 0.5) is 22.7 Å². The summed E-state index contributed by atoms with van der Waals surface area (Å²) in [5.41, 5.74) is 12.6. The molecule has 0 spiro atoms. The molecule has 0 N–H and O–H groups in total. The highest BCUT2D eigenvalue weighted by Crippen LogP contribution is 2.52. The Morgan fingerprint density at radius 2 is 1.16 bits per heavy atom. The topological polar surface area (TPSA) is 59.3 Å². The molecule has 1 aliphatic heterocycles. The van der Waals surface area contributed by atoms with Crippen molar-refractivity contribution < 1.29 is 4.74 Å². The minimum atomic E-state index is 0.550. The molecule has 0 bridgehead atoms. The molecule has 3 aromatic heterocycles. The predicted molar refractivity (Wildman–Crippen MR) is 231 cm³/mol. The molecule has 270 valence electrons. The molecule has 0 amide bonds. The maximum Gasteiger partial charge on any atom is 0.137 e. The number of para-hydroxylation sites is 2. The van der Waals surface area contributed by atoms with E-state index in [1.54, 1.807) is 12.4 Å². The molecule has 0 saturated carbocycles. The lowest BCUT2D eigenvalue weighted by molar-refractivity contribution is 0.483. The van der Waals surface area contributed by atoms with Gasteiger partial charge in [-0.05, 0) is 65.7 Å². The summed E-state index contributed by atoms with van der Waals surface area (Å²) in [6, 6.07) is 61.1. The second-order valence-electron chi connectivity index (χ2n) is 14.1. The van der Waals surface area contributed by atoms with Gasteiger partial charge in [-0.1, -0.05) is 109 Å². The SMILES string of the molecule is c1ccc(-c2cccc(-c3ccccc3)c2N2CN(c3cccc(Oc4ccc5c6ccccc6n(-c6ccccn6)c5c4)c3)c3ccc4nccnc4c32)cc1. The van der Waals surface area contributed by atoms with Gasteiger partial charge >= 0.3 is 0 Å². The summed E-state index contributed by atoms with van der Waals surface area (Å²) in [5.74, 6) is 2.35. The van der Waals surface area contributed by atoms with E-state index in [4.69, 9.17) is 19.7 Å². The maximum absolute atomic E-state index is 6.70. The van der Waals surface area contributed by atoms with Crippen LogP contribution in [-0.4, -0.2) is 26.2 Å². The molecule has 10 aromatic rings. The summed E-state index contributed by atoms with van der Waals surface area (Å²) in [6.45, 7) is 0.550. The van der Waals surface area contributed by atoms with Crippen LogP contribution in [0.3, 0.4) is 0 Å². The highest BCUT2D eigenvalue weighted by molar-refractivity contribution is 6.10. The van der Waals surface area contributed by atoms with Gasteiger partial charge in [0.25, 0.3) is 0 Å². The number of hydrogen-bond donors (Lipinski definition) is 0. The Morgan fingerprint density at radius 1 is 0.456 bits per heavy atom. The zero-order chi connectivity index (χ0) is 37.7. The largest absolute Gasteiger partial charge is 0.457 e. The molecule has 7 heteroatoms. The zero-order valence-electron chi connectivity index (χ0n) is 30.8. The average molecular weight is 735 g/mol. The molecule has 0 radical (unpaired) electrons. The molecule has 57 heavy (non-hydrogen) atoms. The summed E-state index contributed by atoms with van der Waals surface area (Å²) in [5, 5.41) is 2.32. The number of fused-ring (bicyclic) bond motifs is 6. The summed E-state index contributed by atoms with van der Waals surface area (Å²) in [6.07, 6.45) is 5.37. The molecular weight excluding hydrogens is 701 g/mol. The van der Waals surface area contributed by atoms with Crippen LogP contribution in [0.15, 0.2) is 195 Å². The van der Waals surface area contributed by atoms with E-state index in [0.717, 1.165) is 89.8 Å². The third kappa shape index (κ3) is 5.55. The van der Waals surface area contributed by atoms with Gasteiger partial charge in [0.15, 0.2) is 0 Å². The Balaban J connectivity index is 1.03. The highest BCUT2D eigenvalue weighted by Gasteiger charge is 2.34. The smallest absolute Gasteiger partial charge is 0.137 e. The molecule has 0 aliphatic carbocycles. The van der Waals surface area contributed by atoms with Gasteiger partial charge in [0.2, 0.25) is 0 Å². The Morgan fingerprint density at radius 3 is 1.95 bits per heavy atom. The van der Waals surface area contributed by atoms with Crippen LogP contribution in [-0.2, 0) is 0 Å². The molecule has 0 fully saturated rings. The van der Waals surface area contributed by atoms with E-state index in [1.807, 2.05) is 36.5 Å². The number of benzene rings is 7. The van der Waals surface area contributed by atoms with Crippen molar-refractivity contribution in [3.05, 3.63) is 195 Å². The van der Waals surface area contributed by atoms with Crippen LogP contribution >= 0.6 is 0 Å². The van der Waals surface area contributed by atoms with E-state index in [-0.39, 0.29) is 0 Å². The molecule has 7 aromatic carbocycles. The number of hydrogen-bond acceptors (Lipinski definition) is 6. The third-order valence-corrected chi connectivity index (χ3v) is 10.8. The number of aromatic nitrogens is 4. The Kier molecular flexibility index (Phi) is 7.74. The molecule has 4 heterocycles. The van der Waals surface area contributed by atoms with Crippen molar-refractivity contribution in [2.75, 3.05) is 16.5 Å². The minimum Gasteiger partial charge on any atom is -0.457 e. The molecule has 0 saturated heterocycles. The normalized spacial score (nSPS) is 12.4. The van der Waals surface area contributed by atoms with Crippen molar-refractivity contribution in [3.63, 3.8) is 0 Å². The molecule has 0 atom stereocenters. The van der Waals surface area contributed by atoms with Crippen molar-refractivity contribution >= 4 is 55.6 Å². The van der Waals surface area contributed by atoms with Crippen LogP contribution in [0, 0.1) is 0 Å². The first-order chi connectivity index (χ1) is 28.3.